The average molecular weight is 250 g/mol. The van der Waals surface area contributed by atoms with Crippen LogP contribution >= 0.6 is 11.6 Å². The Bertz CT molecular complexity index is 475. The van der Waals surface area contributed by atoms with Crippen LogP contribution in [0.5, 0.6) is 0 Å². The van der Waals surface area contributed by atoms with E-state index in [4.69, 9.17) is 16.0 Å². The van der Waals surface area contributed by atoms with Crippen LogP contribution in [0.25, 0.3) is 0 Å². The van der Waals surface area contributed by atoms with Gasteiger partial charge in [0.15, 0.2) is 0 Å². The van der Waals surface area contributed by atoms with Crippen molar-refractivity contribution < 1.29 is 4.42 Å². The molecule has 0 aliphatic carbocycles. The molecule has 0 amide bonds. The summed E-state index contributed by atoms with van der Waals surface area (Å²) in [7, 11) is 1.95. The molecular weight excluding hydrogens is 234 g/mol. The molecule has 1 heterocycles. The van der Waals surface area contributed by atoms with Crippen LogP contribution in [-0.2, 0) is 6.42 Å². The van der Waals surface area contributed by atoms with Crippen molar-refractivity contribution in [2.24, 2.45) is 0 Å². The number of rotatable bonds is 4. The van der Waals surface area contributed by atoms with Crippen LogP contribution in [0.3, 0.4) is 0 Å². The maximum absolute atomic E-state index is 5.87. The summed E-state index contributed by atoms with van der Waals surface area (Å²) in [6.07, 6.45) is 2.62. The molecule has 0 fully saturated rings. The van der Waals surface area contributed by atoms with Crippen LogP contribution in [0.4, 0.5) is 0 Å². The van der Waals surface area contributed by atoms with Crippen LogP contribution < -0.4 is 5.32 Å². The zero-order chi connectivity index (χ0) is 12.3. The van der Waals surface area contributed by atoms with Crippen molar-refractivity contribution in [3.05, 3.63) is 58.5 Å². The number of nitrogens with one attached hydrogen (secondary N) is 1. The van der Waals surface area contributed by atoms with E-state index in [1.165, 1.54) is 11.1 Å². The van der Waals surface area contributed by atoms with Crippen LogP contribution in [0, 0.1) is 6.92 Å². The van der Waals surface area contributed by atoms with Crippen molar-refractivity contribution in [2.75, 3.05) is 7.05 Å². The second-order valence-electron chi connectivity index (χ2n) is 4.14. The van der Waals surface area contributed by atoms with Gasteiger partial charge in [-0.25, -0.2) is 0 Å². The fraction of sp³-hybridized carbons (Fsp3) is 0.286. The molecule has 0 aliphatic heterocycles. The highest BCUT2D eigenvalue weighted by atomic mass is 35.5. The third kappa shape index (κ3) is 2.90. The highest BCUT2D eigenvalue weighted by Gasteiger charge is 2.15. The molecule has 0 aliphatic rings. The first kappa shape index (κ1) is 12.2. The number of aryl methyl sites for hydroxylation is 1. The topological polar surface area (TPSA) is 25.2 Å². The van der Waals surface area contributed by atoms with Gasteiger partial charge in [-0.2, -0.15) is 0 Å². The summed E-state index contributed by atoms with van der Waals surface area (Å²) in [4.78, 5) is 0. The lowest BCUT2D eigenvalue weighted by Gasteiger charge is -2.14. The Labute approximate surface area is 107 Å². The fourth-order valence-electron chi connectivity index (χ4n) is 1.92. The predicted molar refractivity (Wildman–Crippen MR) is 70.4 cm³/mol. The van der Waals surface area contributed by atoms with Crippen molar-refractivity contribution in [2.45, 2.75) is 19.4 Å². The first-order valence-electron chi connectivity index (χ1n) is 5.66. The van der Waals surface area contributed by atoms with Crippen molar-refractivity contribution in [3.8, 4) is 0 Å². The molecule has 1 aromatic heterocycles. The number of halogens is 1. The summed E-state index contributed by atoms with van der Waals surface area (Å²) in [6.45, 7) is 2.06. The Morgan fingerprint density at radius 3 is 2.47 bits per heavy atom. The molecule has 17 heavy (non-hydrogen) atoms. The molecule has 3 heteroatoms. The summed E-state index contributed by atoms with van der Waals surface area (Å²) >= 11 is 5.87. The molecule has 2 rings (SSSR count). The maximum Gasteiger partial charge on any atom is 0.123 e. The number of hydrogen-bond acceptors (Lipinski definition) is 2. The number of benzene rings is 1. The maximum atomic E-state index is 5.87. The lowest BCUT2D eigenvalue weighted by atomic mass is 10.0. The van der Waals surface area contributed by atoms with Crippen molar-refractivity contribution in [1.82, 2.24) is 5.32 Å². The second-order valence-corrected chi connectivity index (χ2v) is 4.58. The van der Waals surface area contributed by atoms with Gasteiger partial charge in [0.1, 0.15) is 5.76 Å². The minimum Gasteiger partial charge on any atom is -0.467 e. The Hall–Kier alpha value is -1.25. The molecule has 90 valence electrons. The Morgan fingerprint density at radius 1 is 1.24 bits per heavy atom. The third-order valence-corrected chi connectivity index (χ3v) is 3.17. The molecule has 0 radical (unpaired) electrons. The van der Waals surface area contributed by atoms with Crippen molar-refractivity contribution in [3.63, 3.8) is 0 Å². The molecule has 0 saturated carbocycles. The van der Waals surface area contributed by atoms with Crippen LogP contribution in [0.2, 0.25) is 5.02 Å². The first-order valence-corrected chi connectivity index (χ1v) is 6.04. The smallest absolute Gasteiger partial charge is 0.123 e. The second kappa shape index (κ2) is 5.39. The van der Waals surface area contributed by atoms with Gasteiger partial charge >= 0.3 is 0 Å². The summed E-state index contributed by atoms with van der Waals surface area (Å²) in [5.41, 5.74) is 2.42. The Kier molecular flexibility index (Phi) is 3.87. The number of furan rings is 1. The van der Waals surface area contributed by atoms with E-state index in [2.05, 4.69) is 12.2 Å². The summed E-state index contributed by atoms with van der Waals surface area (Å²) in [5.74, 6) is 1.00. The van der Waals surface area contributed by atoms with Crippen LogP contribution in [0.15, 0.2) is 41.0 Å². The molecule has 2 nitrogen and oxygen atoms in total. The fourth-order valence-corrected chi connectivity index (χ4v) is 2.05. The largest absolute Gasteiger partial charge is 0.467 e. The number of likely N-dealkylation sites (N-methyl/N-ethyl adjacent to an activating group) is 1. The zero-order valence-corrected chi connectivity index (χ0v) is 10.8. The molecular formula is C14H16ClNO. The van der Waals surface area contributed by atoms with Gasteiger partial charge in [0, 0.05) is 5.02 Å². The van der Waals surface area contributed by atoms with Crippen molar-refractivity contribution in [1.29, 1.82) is 0 Å². The molecule has 0 spiro atoms. The predicted octanol–water partition coefficient (Wildman–Crippen LogP) is 3.74. The molecule has 2 aromatic rings. The van der Waals surface area contributed by atoms with Crippen LogP contribution in [-0.4, -0.2) is 7.05 Å². The summed E-state index contributed by atoms with van der Waals surface area (Å²) < 4.78 is 5.52. The van der Waals surface area contributed by atoms with E-state index >= 15 is 0 Å². The minimum absolute atomic E-state index is 0.200. The third-order valence-electron chi connectivity index (χ3n) is 2.92. The molecule has 1 N–H and O–H groups in total. The van der Waals surface area contributed by atoms with E-state index < -0.39 is 0 Å². The number of hydrogen-bond donors (Lipinski definition) is 1. The minimum atomic E-state index is 0.200. The highest BCUT2D eigenvalue weighted by molar-refractivity contribution is 6.30. The van der Waals surface area contributed by atoms with Crippen molar-refractivity contribution >= 4 is 11.6 Å². The lowest BCUT2D eigenvalue weighted by Crippen LogP contribution is -2.19. The highest BCUT2D eigenvalue weighted by Crippen LogP contribution is 2.23. The van der Waals surface area contributed by atoms with Gasteiger partial charge in [-0.05, 0) is 49.7 Å². The molecule has 1 atom stereocenters. The van der Waals surface area contributed by atoms with E-state index in [0.717, 1.165) is 17.2 Å². The van der Waals surface area contributed by atoms with Crippen LogP contribution in [0.1, 0.15) is 22.9 Å². The molecule has 0 saturated heterocycles. The van der Waals surface area contributed by atoms with Gasteiger partial charge in [-0.3, -0.25) is 0 Å². The van der Waals surface area contributed by atoms with Gasteiger partial charge in [0.25, 0.3) is 0 Å². The van der Waals surface area contributed by atoms with E-state index in [1.54, 1.807) is 6.26 Å². The average Bonchev–Trinajstić information content (AvgIpc) is 2.75. The van der Waals surface area contributed by atoms with Gasteiger partial charge in [-0.15, -0.1) is 0 Å². The van der Waals surface area contributed by atoms with E-state index in [1.807, 2.05) is 37.4 Å². The summed E-state index contributed by atoms with van der Waals surface area (Å²) in [6, 6.07) is 10.1. The SMILES string of the molecule is CNC(Cc1ccc(Cl)cc1)c1occc1C. The molecule has 1 unspecified atom stereocenters. The van der Waals surface area contributed by atoms with Gasteiger partial charge in [0.2, 0.25) is 0 Å². The van der Waals surface area contributed by atoms with Gasteiger partial charge < -0.3 is 9.73 Å². The first-order chi connectivity index (χ1) is 8.20. The summed E-state index contributed by atoms with van der Waals surface area (Å²) in [5, 5.41) is 4.05. The normalized spacial score (nSPS) is 12.6. The van der Waals surface area contributed by atoms with Gasteiger partial charge in [0.05, 0.1) is 12.3 Å². The molecule has 0 bridgehead atoms. The zero-order valence-electron chi connectivity index (χ0n) is 10.0. The monoisotopic (exact) mass is 249 g/mol. The van der Waals surface area contributed by atoms with E-state index in [-0.39, 0.29) is 6.04 Å². The Morgan fingerprint density at radius 2 is 1.94 bits per heavy atom. The van der Waals surface area contributed by atoms with E-state index in [0.29, 0.717) is 0 Å². The van der Waals surface area contributed by atoms with Gasteiger partial charge in [-0.1, -0.05) is 23.7 Å². The quantitative estimate of drug-likeness (QED) is 0.893. The van der Waals surface area contributed by atoms with E-state index in [9.17, 15) is 0 Å². The Balaban J connectivity index is 2.16. The lowest BCUT2D eigenvalue weighted by molar-refractivity contribution is 0.426. The molecule has 1 aromatic carbocycles. The standard InChI is InChI=1S/C14H16ClNO/c1-10-7-8-17-14(10)13(16-2)9-11-3-5-12(15)6-4-11/h3-8,13,16H,9H2,1-2H3.